The van der Waals surface area contributed by atoms with E-state index in [1.54, 1.807) is 0 Å². The molecule has 6 aliphatic rings. The number of hydrogen-bond acceptors (Lipinski definition) is 3. The van der Waals surface area contributed by atoms with E-state index in [1.807, 2.05) is 38.2 Å². The Kier molecular flexibility index (Phi) is 6.42. The van der Waals surface area contributed by atoms with E-state index in [9.17, 15) is 9.59 Å². The van der Waals surface area contributed by atoms with Gasteiger partial charge in [0.1, 0.15) is 0 Å². The SMILES string of the molecule is C1=CC2=CC=CC3c4cccc5cccc(c45)C(=C1)C23.CC.Cc1ccc2c3c4c(c5cccc1c25)=CC=C1C(=O)OC(=O)C(C=C3)C14. The van der Waals surface area contributed by atoms with Gasteiger partial charge < -0.3 is 4.74 Å². The summed E-state index contributed by atoms with van der Waals surface area (Å²) in [6.07, 6.45) is 21.4. The highest BCUT2D eigenvalue weighted by atomic mass is 16.6. The summed E-state index contributed by atoms with van der Waals surface area (Å²) in [5, 5.41) is 8.78. The number of benzene rings is 5. The summed E-state index contributed by atoms with van der Waals surface area (Å²) in [4.78, 5) is 24.6. The zero-order chi connectivity index (χ0) is 32.7. The van der Waals surface area contributed by atoms with Crippen LogP contribution in [0.1, 0.15) is 53.5 Å². The molecule has 232 valence electrons. The molecule has 4 atom stereocenters. The van der Waals surface area contributed by atoms with Crippen LogP contribution in [0.5, 0.6) is 0 Å². The van der Waals surface area contributed by atoms with Crippen molar-refractivity contribution < 1.29 is 14.3 Å². The minimum Gasteiger partial charge on any atom is -0.389 e. The third kappa shape index (κ3) is 3.88. The van der Waals surface area contributed by atoms with Crippen LogP contribution >= 0.6 is 0 Å². The van der Waals surface area contributed by atoms with Crippen LogP contribution in [0.4, 0.5) is 0 Å². The van der Waals surface area contributed by atoms with Crippen molar-refractivity contribution in [2.45, 2.75) is 32.6 Å². The van der Waals surface area contributed by atoms with Crippen LogP contribution in [0, 0.1) is 18.8 Å². The van der Waals surface area contributed by atoms with E-state index >= 15 is 0 Å². The van der Waals surface area contributed by atoms with E-state index < -0.39 is 17.9 Å². The van der Waals surface area contributed by atoms with Gasteiger partial charge in [0, 0.05) is 23.3 Å². The molecule has 0 spiro atoms. The molecule has 0 N–H and O–H groups in total. The van der Waals surface area contributed by atoms with Gasteiger partial charge in [-0.1, -0.05) is 141 Å². The number of ether oxygens (including phenoxy) is 1. The highest BCUT2D eigenvalue weighted by Gasteiger charge is 2.45. The Morgan fingerprint density at radius 2 is 1.46 bits per heavy atom. The lowest BCUT2D eigenvalue weighted by Gasteiger charge is -2.38. The van der Waals surface area contributed by atoms with Crippen LogP contribution in [0.3, 0.4) is 0 Å². The maximum Gasteiger partial charge on any atom is 0.342 e. The Balaban J connectivity index is 0.000000128. The van der Waals surface area contributed by atoms with Gasteiger partial charge in [-0.25, -0.2) is 4.79 Å². The number of hydrogen-bond donors (Lipinski definition) is 0. The summed E-state index contributed by atoms with van der Waals surface area (Å²) < 4.78 is 4.96. The van der Waals surface area contributed by atoms with Gasteiger partial charge in [-0.2, -0.15) is 0 Å². The minimum atomic E-state index is -0.512. The van der Waals surface area contributed by atoms with E-state index in [-0.39, 0.29) is 5.92 Å². The second-order valence-corrected chi connectivity index (χ2v) is 13.0. The average molecular weight is 623 g/mol. The molecule has 0 saturated carbocycles. The van der Waals surface area contributed by atoms with Crippen LogP contribution in [0.2, 0.25) is 0 Å². The molecule has 0 aromatic heterocycles. The first-order valence-corrected chi connectivity index (χ1v) is 17.0. The molecule has 11 rings (SSSR count). The third-order valence-electron chi connectivity index (χ3n) is 10.9. The van der Waals surface area contributed by atoms with Gasteiger partial charge in [-0.15, -0.1) is 0 Å². The Bertz CT molecular complexity index is 2510. The van der Waals surface area contributed by atoms with Gasteiger partial charge in [0.05, 0.1) is 5.92 Å². The predicted octanol–water partition coefficient (Wildman–Crippen LogP) is 9.58. The van der Waals surface area contributed by atoms with Crippen molar-refractivity contribution in [2.75, 3.05) is 0 Å². The Labute approximate surface area is 279 Å². The summed E-state index contributed by atoms with van der Waals surface area (Å²) in [5.41, 5.74) is 9.87. The van der Waals surface area contributed by atoms with Gasteiger partial charge in [0.2, 0.25) is 0 Å². The largest absolute Gasteiger partial charge is 0.389 e. The van der Waals surface area contributed by atoms with Gasteiger partial charge in [0.25, 0.3) is 0 Å². The van der Waals surface area contributed by atoms with Crippen molar-refractivity contribution >= 4 is 62.0 Å². The fourth-order valence-corrected chi connectivity index (χ4v) is 8.91. The minimum absolute atomic E-state index is 0.242. The number of carbonyl (C=O) groups is 2. The number of rotatable bonds is 0. The lowest BCUT2D eigenvalue weighted by molar-refractivity contribution is -0.162. The van der Waals surface area contributed by atoms with Crippen LogP contribution < -0.4 is 5.22 Å². The molecule has 3 nitrogen and oxygen atoms in total. The molecule has 0 amide bonds. The quantitative estimate of drug-likeness (QED) is 0.128. The summed E-state index contributed by atoms with van der Waals surface area (Å²) in [5.74, 6) is -0.632. The van der Waals surface area contributed by atoms with Gasteiger partial charge in [-0.3, -0.25) is 4.79 Å². The van der Waals surface area contributed by atoms with Crippen LogP contribution in [0.15, 0.2) is 126 Å². The third-order valence-corrected chi connectivity index (χ3v) is 10.9. The molecular formula is C45H34O3. The lowest BCUT2D eigenvalue weighted by atomic mass is 9.65. The average Bonchev–Trinajstić information content (AvgIpc) is 3.13. The van der Waals surface area contributed by atoms with E-state index in [1.165, 1.54) is 60.2 Å². The number of allylic oxidation sites excluding steroid dienone is 9. The van der Waals surface area contributed by atoms with Crippen molar-refractivity contribution in [3.8, 4) is 0 Å². The molecule has 1 heterocycles. The number of cyclic esters (lactones) is 2. The predicted molar refractivity (Wildman–Crippen MR) is 196 cm³/mol. The van der Waals surface area contributed by atoms with Crippen LogP contribution in [0.25, 0.3) is 50.0 Å². The zero-order valence-electron chi connectivity index (χ0n) is 27.2. The molecule has 5 aromatic rings. The summed E-state index contributed by atoms with van der Waals surface area (Å²) >= 11 is 0. The molecule has 1 saturated heterocycles. The van der Waals surface area contributed by atoms with E-state index in [0.29, 0.717) is 17.4 Å². The molecule has 5 aromatic carbocycles. The molecule has 3 heteroatoms. The van der Waals surface area contributed by atoms with Gasteiger partial charge >= 0.3 is 11.9 Å². The molecule has 4 unspecified atom stereocenters. The lowest BCUT2D eigenvalue weighted by Crippen LogP contribution is -2.40. The Morgan fingerprint density at radius 3 is 2.33 bits per heavy atom. The van der Waals surface area contributed by atoms with Gasteiger partial charge in [-0.05, 0) is 83.4 Å². The summed E-state index contributed by atoms with van der Waals surface area (Å²) in [6, 6.07) is 24.1. The molecule has 0 radical (unpaired) electrons. The fourth-order valence-electron chi connectivity index (χ4n) is 8.91. The van der Waals surface area contributed by atoms with E-state index in [0.717, 1.165) is 16.3 Å². The maximum absolute atomic E-state index is 12.3. The second kappa shape index (κ2) is 10.7. The smallest absolute Gasteiger partial charge is 0.342 e. The molecular weight excluding hydrogens is 588 g/mol. The molecule has 1 aliphatic heterocycles. The van der Waals surface area contributed by atoms with Crippen molar-refractivity contribution in [3.63, 3.8) is 0 Å². The zero-order valence-corrected chi connectivity index (χ0v) is 27.2. The van der Waals surface area contributed by atoms with Crippen molar-refractivity contribution in [2.24, 2.45) is 11.8 Å². The summed E-state index contributed by atoms with van der Waals surface area (Å²) in [7, 11) is 0. The highest BCUT2D eigenvalue weighted by molar-refractivity contribution is 6.16. The van der Waals surface area contributed by atoms with Crippen LogP contribution in [-0.2, 0) is 14.3 Å². The molecule has 1 fully saturated rings. The maximum atomic E-state index is 12.3. The van der Waals surface area contributed by atoms with Crippen molar-refractivity contribution in [1.29, 1.82) is 0 Å². The first-order chi connectivity index (χ1) is 23.6. The van der Waals surface area contributed by atoms with Crippen molar-refractivity contribution in [3.05, 3.63) is 160 Å². The normalized spacial score (nSPS) is 23.0. The van der Waals surface area contributed by atoms with Gasteiger partial charge in [0.15, 0.2) is 0 Å². The first kappa shape index (κ1) is 28.7. The Hall–Kier alpha value is -5.54. The number of fused-ring (bicyclic) bond motifs is 4. The molecule has 0 bridgehead atoms. The number of carbonyl (C=O) groups excluding carboxylic acids is 2. The van der Waals surface area contributed by atoms with E-state index in [4.69, 9.17) is 4.74 Å². The molecule has 5 aliphatic carbocycles. The highest BCUT2D eigenvalue weighted by Crippen LogP contribution is 2.52. The first-order valence-electron chi connectivity index (χ1n) is 17.0. The second-order valence-electron chi connectivity index (χ2n) is 13.0. The number of aryl methyl sites for hydroxylation is 1. The van der Waals surface area contributed by atoms with Crippen molar-refractivity contribution in [1.82, 2.24) is 0 Å². The standard InChI is InChI=1S/C23H14O3.C20H14.C2H6/c1-11-5-6-14-16-8-10-18-21-17(22(24)26-23(18)25)9-7-15(20(16)21)13-4-2-3-12(11)19(13)14;1-5-13-6-2-11-17-18-12-4-8-14-7-3-10-16(20(14)18)15(9-1)19(13)17;1-2/h2-10,18,21H,1H3;1-12,15,19H;1-2H3. The Morgan fingerprint density at radius 1 is 0.646 bits per heavy atom. The fraction of sp³-hybridized carbons (Fsp3) is 0.156. The molecule has 48 heavy (non-hydrogen) atoms. The summed E-state index contributed by atoms with van der Waals surface area (Å²) in [6.45, 7) is 6.13. The van der Waals surface area contributed by atoms with E-state index in [2.05, 4.69) is 110 Å². The number of esters is 2. The van der Waals surface area contributed by atoms with Crippen LogP contribution in [-0.4, -0.2) is 11.9 Å². The monoisotopic (exact) mass is 622 g/mol. The topological polar surface area (TPSA) is 43.4 Å².